The van der Waals surface area contributed by atoms with Gasteiger partial charge in [0.2, 0.25) is 11.0 Å². The van der Waals surface area contributed by atoms with Gasteiger partial charge in [-0.3, -0.25) is 4.79 Å². The van der Waals surface area contributed by atoms with Crippen LogP contribution in [-0.4, -0.2) is 16.1 Å². The van der Waals surface area contributed by atoms with E-state index in [0.717, 1.165) is 24.3 Å². The fourth-order valence-electron chi connectivity index (χ4n) is 1.62. The van der Waals surface area contributed by atoms with Crippen molar-refractivity contribution in [2.24, 2.45) is 11.3 Å². The van der Waals surface area contributed by atoms with Crippen LogP contribution in [0.1, 0.15) is 52.5 Å². The van der Waals surface area contributed by atoms with Crippen LogP contribution in [0.25, 0.3) is 0 Å². The molecule has 0 aliphatic heterocycles. The maximum absolute atomic E-state index is 11.8. The van der Waals surface area contributed by atoms with Crippen LogP contribution < -0.4 is 5.32 Å². The lowest BCUT2D eigenvalue weighted by molar-refractivity contribution is -0.119. The second-order valence-corrected chi connectivity index (χ2v) is 6.98. The molecular formula is C13H23N3OS. The highest BCUT2D eigenvalue weighted by Crippen LogP contribution is 2.25. The predicted octanol–water partition coefficient (Wildman–Crippen LogP) is 3.50. The van der Waals surface area contributed by atoms with Crippen molar-refractivity contribution in [3.63, 3.8) is 0 Å². The van der Waals surface area contributed by atoms with E-state index >= 15 is 0 Å². The standard InChI is InChI=1S/C13H23N3OS/c1-6-7-9(2)11(17)14-12-16-15-10(18-12)8-13(3,4)5/h9H,6-8H2,1-5H3,(H,14,16,17)/t9-/m0/s1. The average molecular weight is 269 g/mol. The van der Waals surface area contributed by atoms with Crippen LogP contribution in [0, 0.1) is 11.3 Å². The number of hydrogen-bond acceptors (Lipinski definition) is 4. The van der Waals surface area contributed by atoms with Crippen molar-refractivity contribution in [2.45, 2.75) is 53.9 Å². The molecule has 0 fully saturated rings. The third-order valence-electron chi connectivity index (χ3n) is 2.55. The number of hydrogen-bond donors (Lipinski definition) is 1. The summed E-state index contributed by atoms with van der Waals surface area (Å²) in [5.74, 6) is 0.0697. The summed E-state index contributed by atoms with van der Waals surface area (Å²) in [7, 11) is 0. The summed E-state index contributed by atoms with van der Waals surface area (Å²) in [4.78, 5) is 11.8. The highest BCUT2D eigenvalue weighted by atomic mass is 32.1. The Hall–Kier alpha value is -0.970. The minimum Gasteiger partial charge on any atom is -0.300 e. The minimum atomic E-state index is 0.0324. The Morgan fingerprint density at radius 2 is 2.06 bits per heavy atom. The van der Waals surface area contributed by atoms with Gasteiger partial charge in [0.05, 0.1) is 0 Å². The molecule has 0 unspecified atom stereocenters. The number of anilines is 1. The molecule has 0 radical (unpaired) electrons. The summed E-state index contributed by atoms with van der Waals surface area (Å²) in [6, 6.07) is 0. The van der Waals surface area contributed by atoms with Crippen LogP contribution in [0.3, 0.4) is 0 Å². The lowest BCUT2D eigenvalue weighted by atomic mass is 9.93. The van der Waals surface area contributed by atoms with Gasteiger partial charge in [0.25, 0.3) is 0 Å². The average Bonchev–Trinajstić information content (AvgIpc) is 2.63. The first-order valence-corrected chi connectivity index (χ1v) is 7.26. The molecular weight excluding hydrogens is 246 g/mol. The van der Waals surface area contributed by atoms with Crippen LogP contribution in [0.15, 0.2) is 0 Å². The van der Waals surface area contributed by atoms with Gasteiger partial charge in [0.15, 0.2) is 0 Å². The zero-order chi connectivity index (χ0) is 13.8. The normalized spacial score (nSPS) is 13.4. The van der Waals surface area contributed by atoms with E-state index in [-0.39, 0.29) is 17.2 Å². The number of nitrogens with one attached hydrogen (secondary N) is 1. The molecule has 0 aromatic carbocycles. The van der Waals surface area contributed by atoms with Gasteiger partial charge in [-0.05, 0) is 11.8 Å². The molecule has 0 bridgehead atoms. The highest BCUT2D eigenvalue weighted by Gasteiger charge is 2.17. The van der Waals surface area contributed by atoms with Crippen molar-refractivity contribution in [1.29, 1.82) is 0 Å². The third-order valence-corrected chi connectivity index (χ3v) is 3.39. The molecule has 1 rings (SSSR count). The van der Waals surface area contributed by atoms with E-state index in [9.17, 15) is 4.79 Å². The first-order chi connectivity index (χ1) is 8.31. The molecule has 1 aromatic rings. The Morgan fingerprint density at radius 1 is 1.39 bits per heavy atom. The fraction of sp³-hybridized carbons (Fsp3) is 0.769. The monoisotopic (exact) mass is 269 g/mol. The second kappa shape index (κ2) is 6.27. The number of carbonyl (C=O) groups excluding carboxylic acids is 1. The van der Waals surface area contributed by atoms with Crippen molar-refractivity contribution < 1.29 is 4.79 Å². The quantitative estimate of drug-likeness (QED) is 0.890. The Morgan fingerprint density at radius 3 is 2.61 bits per heavy atom. The summed E-state index contributed by atoms with van der Waals surface area (Å²) >= 11 is 1.47. The summed E-state index contributed by atoms with van der Waals surface area (Å²) in [6.45, 7) is 10.5. The van der Waals surface area contributed by atoms with Gasteiger partial charge in [0.1, 0.15) is 5.01 Å². The van der Waals surface area contributed by atoms with Crippen LogP contribution >= 0.6 is 11.3 Å². The van der Waals surface area contributed by atoms with Gasteiger partial charge >= 0.3 is 0 Å². The molecule has 0 saturated carbocycles. The number of carbonyl (C=O) groups is 1. The van der Waals surface area contributed by atoms with Crippen molar-refractivity contribution in [3.05, 3.63) is 5.01 Å². The smallest absolute Gasteiger partial charge is 0.229 e. The Labute approximate surface area is 113 Å². The summed E-state index contributed by atoms with van der Waals surface area (Å²) in [6.07, 6.45) is 2.80. The summed E-state index contributed by atoms with van der Waals surface area (Å²) < 4.78 is 0. The van der Waals surface area contributed by atoms with Crippen molar-refractivity contribution in [3.8, 4) is 0 Å². The fourth-order valence-corrected chi connectivity index (χ4v) is 2.67. The molecule has 0 aliphatic carbocycles. The van der Waals surface area contributed by atoms with E-state index in [2.05, 4.69) is 43.2 Å². The number of rotatable bonds is 5. The van der Waals surface area contributed by atoms with Gasteiger partial charge < -0.3 is 5.32 Å². The van der Waals surface area contributed by atoms with Gasteiger partial charge in [-0.1, -0.05) is 52.4 Å². The van der Waals surface area contributed by atoms with E-state index in [1.54, 1.807) is 0 Å². The molecule has 1 atom stereocenters. The van der Waals surface area contributed by atoms with E-state index in [1.165, 1.54) is 11.3 Å². The van der Waals surface area contributed by atoms with Crippen molar-refractivity contribution >= 4 is 22.4 Å². The topological polar surface area (TPSA) is 54.9 Å². The lowest BCUT2D eigenvalue weighted by Gasteiger charge is -2.14. The molecule has 102 valence electrons. The molecule has 1 aromatic heterocycles. The van der Waals surface area contributed by atoms with Gasteiger partial charge in [0, 0.05) is 12.3 Å². The van der Waals surface area contributed by atoms with Crippen molar-refractivity contribution in [1.82, 2.24) is 10.2 Å². The minimum absolute atomic E-state index is 0.0324. The molecule has 18 heavy (non-hydrogen) atoms. The summed E-state index contributed by atoms with van der Waals surface area (Å²) in [5, 5.41) is 12.6. The first kappa shape index (κ1) is 15.1. The molecule has 4 nitrogen and oxygen atoms in total. The summed E-state index contributed by atoms with van der Waals surface area (Å²) in [5.41, 5.74) is 0.191. The molecule has 0 spiro atoms. The Balaban J connectivity index is 2.56. The predicted molar refractivity (Wildman–Crippen MR) is 75.8 cm³/mol. The molecule has 0 aliphatic rings. The zero-order valence-electron chi connectivity index (χ0n) is 11.9. The van der Waals surface area contributed by atoms with Gasteiger partial charge in [-0.2, -0.15) is 0 Å². The van der Waals surface area contributed by atoms with Crippen molar-refractivity contribution in [2.75, 3.05) is 5.32 Å². The molecule has 5 heteroatoms. The Bertz CT molecular complexity index is 395. The van der Waals surface area contributed by atoms with Crippen LogP contribution in [0.5, 0.6) is 0 Å². The number of aromatic nitrogens is 2. The highest BCUT2D eigenvalue weighted by molar-refractivity contribution is 7.15. The number of amides is 1. The zero-order valence-corrected chi connectivity index (χ0v) is 12.7. The van der Waals surface area contributed by atoms with E-state index in [4.69, 9.17) is 0 Å². The SMILES string of the molecule is CCC[C@H](C)C(=O)Nc1nnc(CC(C)(C)C)s1. The van der Waals surface area contributed by atoms with Crippen LogP contribution in [-0.2, 0) is 11.2 Å². The van der Waals surface area contributed by atoms with E-state index in [1.807, 2.05) is 6.92 Å². The van der Waals surface area contributed by atoms with E-state index in [0.29, 0.717) is 5.13 Å². The first-order valence-electron chi connectivity index (χ1n) is 6.45. The van der Waals surface area contributed by atoms with Gasteiger partial charge in [-0.25, -0.2) is 0 Å². The second-order valence-electron chi connectivity index (χ2n) is 5.92. The largest absolute Gasteiger partial charge is 0.300 e. The van der Waals surface area contributed by atoms with Crippen LogP contribution in [0.4, 0.5) is 5.13 Å². The Kier molecular flexibility index (Phi) is 5.26. The van der Waals surface area contributed by atoms with Crippen LogP contribution in [0.2, 0.25) is 0 Å². The van der Waals surface area contributed by atoms with Gasteiger partial charge in [-0.15, -0.1) is 10.2 Å². The molecule has 1 amide bonds. The maximum atomic E-state index is 11.8. The molecule has 0 saturated heterocycles. The molecule has 1 N–H and O–H groups in total. The molecule has 1 heterocycles. The maximum Gasteiger partial charge on any atom is 0.229 e. The number of nitrogens with zero attached hydrogens (tertiary/aromatic N) is 2. The third kappa shape index (κ3) is 5.12. The lowest BCUT2D eigenvalue weighted by Crippen LogP contribution is -2.20. The van der Waals surface area contributed by atoms with E-state index < -0.39 is 0 Å².